The third-order valence-corrected chi connectivity index (χ3v) is 6.91. The molecular formula is C26H20ClN3O2S. The zero-order valence-corrected chi connectivity index (χ0v) is 19.7. The third-order valence-electron chi connectivity index (χ3n) is 5.63. The van der Waals surface area contributed by atoms with Crippen LogP contribution in [-0.2, 0) is 9.59 Å². The number of hydrogen-bond donors (Lipinski definition) is 0. The van der Waals surface area contributed by atoms with Crippen molar-refractivity contribution in [2.75, 3.05) is 4.90 Å². The highest BCUT2D eigenvalue weighted by molar-refractivity contribution is 8.00. The van der Waals surface area contributed by atoms with Crippen molar-refractivity contribution in [3.05, 3.63) is 82.9 Å². The summed E-state index contributed by atoms with van der Waals surface area (Å²) in [6.45, 7) is 3.89. The van der Waals surface area contributed by atoms with Crippen molar-refractivity contribution >= 4 is 51.8 Å². The summed E-state index contributed by atoms with van der Waals surface area (Å²) in [5.41, 5.74) is 5.02. The number of carbonyl (C=O) groups is 2. The number of anilines is 1. The van der Waals surface area contributed by atoms with E-state index in [1.807, 2.05) is 74.5 Å². The van der Waals surface area contributed by atoms with Gasteiger partial charge in [0.25, 0.3) is 0 Å². The predicted octanol–water partition coefficient (Wildman–Crippen LogP) is 5.99. The lowest BCUT2D eigenvalue weighted by atomic mass is 10.1. The summed E-state index contributed by atoms with van der Waals surface area (Å²) in [4.78, 5) is 36.8. The Kier molecular flexibility index (Phi) is 5.64. The van der Waals surface area contributed by atoms with Gasteiger partial charge < -0.3 is 0 Å². The Balaban J connectivity index is 1.51. The van der Waals surface area contributed by atoms with E-state index in [1.165, 1.54) is 16.7 Å². The number of imide groups is 1. The maximum Gasteiger partial charge on any atom is 0.247 e. The first-order chi connectivity index (χ1) is 15.9. The van der Waals surface area contributed by atoms with E-state index in [-0.39, 0.29) is 18.2 Å². The fourth-order valence-electron chi connectivity index (χ4n) is 4.08. The monoisotopic (exact) mass is 473 g/mol. The van der Waals surface area contributed by atoms with Crippen LogP contribution in [0, 0.1) is 13.8 Å². The fourth-order valence-corrected chi connectivity index (χ4v) is 5.23. The zero-order chi connectivity index (χ0) is 23.1. The van der Waals surface area contributed by atoms with E-state index in [9.17, 15) is 9.59 Å². The maximum absolute atomic E-state index is 13.2. The smallest absolute Gasteiger partial charge is 0.247 e. The highest BCUT2D eigenvalue weighted by atomic mass is 35.5. The van der Waals surface area contributed by atoms with Gasteiger partial charge in [0.05, 0.1) is 16.9 Å². The molecule has 1 fully saturated rings. The summed E-state index contributed by atoms with van der Waals surface area (Å²) in [6, 6.07) is 21.0. The number of halogens is 1. The van der Waals surface area contributed by atoms with Crippen LogP contribution in [0.5, 0.6) is 0 Å². The summed E-state index contributed by atoms with van der Waals surface area (Å²) < 4.78 is 0. The normalized spacial score (nSPS) is 16.1. The Morgan fingerprint density at radius 2 is 1.76 bits per heavy atom. The summed E-state index contributed by atoms with van der Waals surface area (Å²) in [5, 5.41) is 1.32. The SMILES string of the molecule is Cc1ccc(N2C(=O)C[C@H](Sc3nc(-c4ccccc4)c4cc(Cl)ccc4n3)C2=O)c(C)c1. The minimum atomic E-state index is -0.577. The minimum absolute atomic E-state index is 0.111. The molecule has 0 N–H and O–H groups in total. The van der Waals surface area contributed by atoms with Crippen LogP contribution in [0.4, 0.5) is 5.69 Å². The molecule has 0 aliphatic carbocycles. The lowest BCUT2D eigenvalue weighted by Crippen LogP contribution is -2.31. The Morgan fingerprint density at radius 1 is 0.970 bits per heavy atom. The van der Waals surface area contributed by atoms with Crippen LogP contribution in [0.25, 0.3) is 22.2 Å². The van der Waals surface area contributed by atoms with Crippen LogP contribution in [-0.4, -0.2) is 27.0 Å². The number of nitrogens with zero attached hydrogens (tertiary/aromatic N) is 3. The molecule has 1 atom stereocenters. The van der Waals surface area contributed by atoms with Gasteiger partial charge in [0, 0.05) is 22.4 Å². The van der Waals surface area contributed by atoms with Crippen LogP contribution < -0.4 is 4.90 Å². The molecule has 1 aliphatic rings. The highest BCUT2D eigenvalue weighted by Gasteiger charge is 2.41. The van der Waals surface area contributed by atoms with Crippen LogP contribution in [0.1, 0.15) is 17.5 Å². The molecular weight excluding hydrogens is 454 g/mol. The average Bonchev–Trinajstić information content (AvgIpc) is 3.07. The average molecular weight is 474 g/mol. The van der Waals surface area contributed by atoms with Crippen molar-refractivity contribution in [3.63, 3.8) is 0 Å². The van der Waals surface area contributed by atoms with Gasteiger partial charge >= 0.3 is 0 Å². The van der Waals surface area contributed by atoms with Crippen LogP contribution in [0.3, 0.4) is 0 Å². The predicted molar refractivity (Wildman–Crippen MR) is 133 cm³/mol. The van der Waals surface area contributed by atoms with Gasteiger partial charge in [-0.2, -0.15) is 0 Å². The summed E-state index contributed by atoms with van der Waals surface area (Å²) in [7, 11) is 0. The van der Waals surface area contributed by atoms with E-state index < -0.39 is 5.25 Å². The molecule has 5 nitrogen and oxygen atoms in total. The summed E-state index contributed by atoms with van der Waals surface area (Å²) in [6.07, 6.45) is 0.111. The molecule has 0 spiro atoms. The Hall–Kier alpha value is -3.22. The molecule has 7 heteroatoms. The quantitative estimate of drug-likeness (QED) is 0.269. The van der Waals surface area contributed by atoms with E-state index in [0.29, 0.717) is 15.9 Å². The second-order valence-electron chi connectivity index (χ2n) is 8.05. The Bertz CT molecular complexity index is 1410. The van der Waals surface area contributed by atoms with Gasteiger partial charge in [-0.05, 0) is 43.7 Å². The first-order valence-corrected chi connectivity index (χ1v) is 11.8. The van der Waals surface area contributed by atoms with E-state index in [2.05, 4.69) is 4.98 Å². The Morgan fingerprint density at radius 3 is 2.52 bits per heavy atom. The van der Waals surface area contributed by atoms with Crippen LogP contribution >= 0.6 is 23.4 Å². The minimum Gasteiger partial charge on any atom is -0.274 e. The molecule has 2 amide bonds. The van der Waals surface area contributed by atoms with Crippen molar-refractivity contribution in [2.24, 2.45) is 0 Å². The van der Waals surface area contributed by atoms with Gasteiger partial charge in [0.1, 0.15) is 5.25 Å². The molecule has 3 aromatic carbocycles. The second-order valence-corrected chi connectivity index (χ2v) is 9.66. The number of aromatic nitrogens is 2. The number of thioether (sulfide) groups is 1. The van der Waals surface area contributed by atoms with Gasteiger partial charge in [0.2, 0.25) is 11.8 Å². The standard InChI is InChI=1S/C26H20ClN3O2S/c1-15-8-11-21(16(2)12-15)30-23(31)14-22(25(30)32)33-26-28-20-10-9-18(27)13-19(20)24(29-26)17-6-4-3-5-7-17/h3-13,22H,14H2,1-2H3/t22-/m0/s1. The lowest BCUT2D eigenvalue weighted by Gasteiger charge is -2.17. The summed E-state index contributed by atoms with van der Waals surface area (Å²) >= 11 is 7.47. The fraction of sp³-hybridized carbons (Fsp3) is 0.154. The molecule has 1 saturated heterocycles. The molecule has 1 aromatic heterocycles. The number of amides is 2. The number of carbonyl (C=O) groups excluding carboxylic acids is 2. The van der Waals surface area contributed by atoms with E-state index >= 15 is 0 Å². The molecule has 2 heterocycles. The van der Waals surface area contributed by atoms with Gasteiger partial charge in [-0.3, -0.25) is 9.59 Å². The number of hydrogen-bond acceptors (Lipinski definition) is 5. The number of rotatable bonds is 4. The molecule has 5 rings (SSSR count). The van der Waals surface area contributed by atoms with Gasteiger partial charge in [-0.15, -0.1) is 0 Å². The number of benzene rings is 3. The number of aryl methyl sites for hydroxylation is 2. The zero-order valence-electron chi connectivity index (χ0n) is 18.1. The molecule has 1 aliphatic heterocycles. The van der Waals surface area contributed by atoms with Crippen LogP contribution in [0.15, 0.2) is 71.9 Å². The lowest BCUT2D eigenvalue weighted by molar-refractivity contribution is -0.121. The number of fused-ring (bicyclic) bond motifs is 1. The van der Waals surface area contributed by atoms with Crippen molar-refractivity contribution in [1.29, 1.82) is 0 Å². The van der Waals surface area contributed by atoms with Crippen LogP contribution in [0.2, 0.25) is 5.02 Å². The second kappa shape index (κ2) is 8.61. The maximum atomic E-state index is 13.2. The van der Waals surface area contributed by atoms with Gasteiger partial charge in [-0.1, -0.05) is 71.4 Å². The van der Waals surface area contributed by atoms with E-state index in [0.717, 1.165) is 33.3 Å². The van der Waals surface area contributed by atoms with Crippen molar-refractivity contribution in [3.8, 4) is 11.3 Å². The molecule has 33 heavy (non-hydrogen) atoms. The van der Waals surface area contributed by atoms with Gasteiger partial charge in [0.15, 0.2) is 5.16 Å². The molecule has 164 valence electrons. The third kappa shape index (κ3) is 4.12. The molecule has 4 aromatic rings. The largest absolute Gasteiger partial charge is 0.274 e. The van der Waals surface area contributed by atoms with Crippen molar-refractivity contribution < 1.29 is 9.59 Å². The summed E-state index contributed by atoms with van der Waals surface area (Å²) in [5.74, 6) is -0.446. The molecule has 0 radical (unpaired) electrons. The van der Waals surface area contributed by atoms with E-state index in [4.69, 9.17) is 16.6 Å². The molecule has 0 saturated carbocycles. The topological polar surface area (TPSA) is 63.2 Å². The highest BCUT2D eigenvalue weighted by Crippen LogP contribution is 2.36. The Labute approximate surface area is 200 Å². The molecule has 0 unspecified atom stereocenters. The first kappa shape index (κ1) is 21.6. The molecule has 0 bridgehead atoms. The van der Waals surface area contributed by atoms with Crippen molar-refractivity contribution in [2.45, 2.75) is 30.7 Å². The first-order valence-electron chi connectivity index (χ1n) is 10.5. The van der Waals surface area contributed by atoms with E-state index in [1.54, 1.807) is 6.07 Å². The van der Waals surface area contributed by atoms with Crippen molar-refractivity contribution in [1.82, 2.24) is 9.97 Å². The van der Waals surface area contributed by atoms with Gasteiger partial charge in [-0.25, -0.2) is 14.9 Å².